The van der Waals surface area contributed by atoms with Crippen LogP contribution in [0.1, 0.15) is 52.3 Å². The molecule has 3 rings (SSSR count). The van der Waals surface area contributed by atoms with Crippen LogP contribution in [0.3, 0.4) is 0 Å². The maximum atomic E-state index is 12.1. The number of hydrogen-bond donors (Lipinski definition) is 1. The Morgan fingerprint density at radius 3 is 2.75 bits per heavy atom. The second kappa shape index (κ2) is 5.55. The fourth-order valence-electron chi connectivity index (χ4n) is 3.81. The van der Waals surface area contributed by atoms with E-state index in [2.05, 4.69) is 31.0 Å². The van der Waals surface area contributed by atoms with Crippen LogP contribution in [0.4, 0.5) is 0 Å². The van der Waals surface area contributed by atoms with Gasteiger partial charge in [0.15, 0.2) is 0 Å². The maximum Gasteiger partial charge on any atom is 0.317 e. The lowest BCUT2D eigenvalue weighted by Gasteiger charge is -2.45. The molecular weight excluding hydrogens is 300 g/mol. The lowest BCUT2D eigenvalue weighted by atomic mass is 9.63. The van der Waals surface area contributed by atoms with Gasteiger partial charge in [-0.3, -0.25) is 4.79 Å². The number of carbonyl (C=O) groups is 1. The third kappa shape index (κ3) is 2.69. The summed E-state index contributed by atoms with van der Waals surface area (Å²) in [5.41, 5.74) is 10.3. The molecule has 1 heterocycles. The standard InChI is InChI=1S/C20H26N2O2/c1-6-14-13-9-12(2)11-20(14,21)15-7-8-17(22-16(15)10-13)24-18(23)19(3,4)5/h6-9,13H,10-11,21H2,1-5H3/t13-,20+/m0/s1. The molecular formula is C20H26N2O2. The Bertz CT molecular complexity index is 755. The number of nitrogens with two attached hydrogens (primary N) is 1. The minimum atomic E-state index is -0.554. The predicted octanol–water partition coefficient (Wildman–Crippen LogP) is 3.66. The summed E-state index contributed by atoms with van der Waals surface area (Å²) < 4.78 is 5.45. The van der Waals surface area contributed by atoms with Crippen molar-refractivity contribution in [1.82, 2.24) is 4.98 Å². The molecule has 0 amide bonds. The van der Waals surface area contributed by atoms with Gasteiger partial charge in [-0.2, -0.15) is 0 Å². The molecule has 2 aliphatic rings. The number of hydrogen-bond acceptors (Lipinski definition) is 4. The van der Waals surface area contributed by atoms with Gasteiger partial charge in [0.1, 0.15) is 0 Å². The van der Waals surface area contributed by atoms with Crippen molar-refractivity contribution in [2.45, 2.75) is 53.0 Å². The molecule has 0 spiro atoms. The molecule has 0 saturated heterocycles. The summed E-state index contributed by atoms with van der Waals surface area (Å²) >= 11 is 0. The summed E-state index contributed by atoms with van der Waals surface area (Å²) in [7, 11) is 0. The highest BCUT2D eigenvalue weighted by Crippen LogP contribution is 2.48. The zero-order valence-corrected chi connectivity index (χ0v) is 15.1. The number of pyridine rings is 1. The van der Waals surface area contributed by atoms with Crippen LogP contribution in [0.2, 0.25) is 0 Å². The van der Waals surface area contributed by atoms with Crippen molar-refractivity contribution in [3.05, 3.63) is 46.7 Å². The fourth-order valence-corrected chi connectivity index (χ4v) is 3.81. The summed E-state index contributed by atoms with van der Waals surface area (Å²) in [6, 6.07) is 3.74. The molecule has 2 atom stereocenters. The van der Waals surface area contributed by atoms with E-state index in [1.807, 2.05) is 26.8 Å². The highest BCUT2D eigenvalue weighted by molar-refractivity contribution is 5.77. The van der Waals surface area contributed by atoms with E-state index < -0.39 is 11.0 Å². The molecule has 2 aliphatic carbocycles. The largest absolute Gasteiger partial charge is 0.407 e. The zero-order valence-electron chi connectivity index (χ0n) is 15.1. The Kier molecular flexibility index (Phi) is 3.91. The smallest absolute Gasteiger partial charge is 0.317 e. The minimum Gasteiger partial charge on any atom is -0.407 e. The quantitative estimate of drug-likeness (QED) is 0.632. The molecule has 0 aliphatic heterocycles. The number of fused-ring (bicyclic) bond motifs is 4. The Morgan fingerprint density at radius 1 is 1.42 bits per heavy atom. The number of rotatable bonds is 1. The highest BCUT2D eigenvalue weighted by atomic mass is 16.5. The van der Waals surface area contributed by atoms with E-state index in [1.54, 1.807) is 6.07 Å². The molecule has 1 aromatic rings. The van der Waals surface area contributed by atoms with E-state index in [4.69, 9.17) is 10.5 Å². The van der Waals surface area contributed by atoms with Crippen molar-refractivity contribution in [1.29, 1.82) is 0 Å². The average molecular weight is 326 g/mol. The van der Waals surface area contributed by atoms with E-state index >= 15 is 0 Å². The first-order valence-electron chi connectivity index (χ1n) is 8.50. The van der Waals surface area contributed by atoms with Crippen molar-refractivity contribution in [2.24, 2.45) is 17.1 Å². The Hall–Kier alpha value is -1.94. The maximum absolute atomic E-state index is 12.1. The number of aromatic nitrogens is 1. The molecule has 2 N–H and O–H groups in total. The predicted molar refractivity (Wildman–Crippen MR) is 94.5 cm³/mol. The third-order valence-electron chi connectivity index (χ3n) is 4.92. The van der Waals surface area contributed by atoms with Crippen LogP contribution in [0.15, 0.2) is 35.4 Å². The molecule has 0 saturated carbocycles. The van der Waals surface area contributed by atoms with Gasteiger partial charge in [0, 0.05) is 18.4 Å². The first-order valence-corrected chi connectivity index (χ1v) is 8.50. The van der Waals surface area contributed by atoms with Gasteiger partial charge < -0.3 is 10.5 Å². The lowest BCUT2D eigenvalue weighted by molar-refractivity contribution is -0.143. The van der Waals surface area contributed by atoms with E-state index in [1.165, 1.54) is 11.1 Å². The summed E-state index contributed by atoms with van der Waals surface area (Å²) in [5.74, 6) is 0.362. The fraction of sp³-hybridized carbons (Fsp3) is 0.500. The van der Waals surface area contributed by atoms with E-state index in [0.717, 1.165) is 24.1 Å². The van der Waals surface area contributed by atoms with Crippen LogP contribution in [0.5, 0.6) is 5.88 Å². The molecule has 0 unspecified atom stereocenters. The summed E-state index contributed by atoms with van der Waals surface area (Å²) in [6.07, 6.45) is 6.04. The number of allylic oxidation sites excluding steroid dienone is 2. The second-order valence-corrected chi connectivity index (χ2v) is 8.00. The molecule has 0 fully saturated rings. The Morgan fingerprint density at radius 2 is 2.12 bits per heavy atom. The molecule has 128 valence electrons. The summed E-state index contributed by atoms with van der Waals surface area (Å²) in [6.45, 7) is 9.69. The molecule has 0 aromatic carbocycles. The Balaban J connectivity index is 2.00. The number of ether oxygens (including phenoxy) is 1. The van der Waals surface area contributed by atoms with Gasteiger partial charge in [-0.15, -0.1) is 0 Å². The van der Waals surface area contributed by atoms with Crippen molar-refractivity contribution in [3.63, 3.8) is 0 Å². The van der Waals surface area contributed by atoms with E-state index in [9.17, 15) is 4.79 Å². The van der Waals surface area contributed by atoms with Gasteiger partial charge in [-0.1, -0.05) is 17.7 Å². The van der Waals surface area contributed by atoms with Gasteiger partial charge in [0.2, 0.25) is 5.88 Å². The summed E-state index contributed by atoms with van der Waals surface area (Å²) in [5, 5.41) is 0. The van der Waals surface area contributed by atoms with Crippen LogP contribution >= 0.6 is 0 Å². The van der Waals surface area contributed by atoms with Gasteiger partial charge in [-0.05, 0) is 58.2 Å². The van der Waals surface area contributed by atoms with Crippen molar-refractivity contribution in [2.75, 3.05) is 0 Å². The zero-order chi connectivity index (χ0) is 17.7. The minimum absolute atomic E-state index is 0.279. The normalized spacial score (nSPS) is 27.5. The van der Waals surface area contributed by atoms with Gasteiger partial charge in [0.25, 0.3) is 0 Å². The van der Waals surface area contributed by atoms with Crippen molar-refractivity contribution >= 4 is 5.97 Å². The summed E-state index contributed by atoms with van der Waals surface area (Å²) in [4.78, 5) is 16.7. The van der Waals surface area contributed by atoms with E-state index in [0.29, 0.717) is 5.88 Å². The second-order valence-electron chi connectivity index (χ2n) is 8.00. The van der Waals surface area contributed by atoms with Crippen LogP contribution in [-0.2, 0) is 16.8 Å². The molecule has 0 radical (unpaired) electrons. The molecule has 4 nitrogen and oxygen atoms in total. The number of carbonyl (C=O) groups excluding carboxylic acids is 1. The van der Waals surface area contributed by atoms with Crippen LogP contribution in [0, 0.1) is 11.3 Å². The van der Waals surface area contributed by atoms with Crippen molar-refractivity contribution in [3.8, 4) is 5.88 Å². The Labute approximate surface area is 143 Å². The first-order chi connectivity index (χ1) is 11.1. The highest BCUT2D eigenvalue weighted by Gasteiger charge is 2.44. The first kappa shape index (κ1) is 16.9. The van der Waals surface area contributed by atoms with E-state index in [-0.39, 0.29) is 11.9 Å². The molecule has 4 heteroatoms. The molecule has 1 aromatic heterocycles. The third-order valence-corrected chi connectivity index (χ3v) is 4.92. The topological polar surface area (TPSA) is 65.2 Å². The molecule has 2 bridgehead atoms. The van der Waals surface area contributed by atoms with Crippen LogP contribution in [-0.4, -0.2) is 11.0 Å². The van der Waals surface area contributed by atoms with Crippen molar-refractivity contribution < 1.29 is 9.53 Å². The van der Waals surface area contributed by atoms with Crippen LogP contribution in [0.25, 0.3) is 0 Å². The van der Waals surface area contributed by atoms with Gasteiger partial charge in [0.05, 0.1) is 16.6 Å². The average Bonchev–Trinajstić information content (AvgIpc) is 2.44. The van der Waals surface area contributed by atoms with Gasteiger partial charge >= 0.3 is 5.97 Å². The van der Waals surface area contributed by atoms with Crippen LogP contribution < -0.4 is 10.5 Å². The lowest BCUT2D eigenvalue weighted by Crippen LogP contribution is -2.47. The number of esters is 1. The SMILES string of the molecule is CC=C1[C@H]2C=C(C)C[C@]1(N)c1ccc(OC(=O)C(C)(C)C)nc1C2. The monoisotopic (exact) mass is 326 g/mol. The number of nitrogens with zero attached hydrogens (tertiary/aromatic N) is 1. The van der Waals surface area contributed by atoms with Gasteiger partial charge in [-0.25, -0.2) is 4.98 Å². The molecule has 24 heavy (non-hydrogen) atoms.